The van der Waals surface area contributed by atoms with Crippen LogP contribution in [0.5, 0.6) is 0 Å². The van der Waals surface area contributed by atoms with E-state index in [2.05, 4.69) is 23.8 Å². The maximum absolute atomic E-state index is 10.3. The maximum Gasteiger partial charge on any atom is 0.240 e. The Kier molecular flexibility index (Phi) is 3.58. The van der Waals surface area contributed by atoms with E-state index in [1.54, 1.807) is 12.2 Å². The summed E-state index contributed by atoms with van der Waals surface area (Å²) in [6, 6.07) is 0. The molecule has 4 heteroatoms. The average molecular weight is 220 g/mol. The first-order valence-electron chi connectivity index (χ1n) is 5.24. The zero-order valence-corrected chi connectivity index (χ0v) is 9.91. The fourth-order valence-corrected chi connectivity index (χ4v) is 2.62. The normalized spacial score (nSPS) is 27.3. The summed E-state index contributed by atoms with van der Waals surface area (Å²) in [6.07, 6.45) is 6.68. The Labute approximate surface area is 95.2 Å². The lowest BCUT2D eigenvalue weighted by Gasteiger charge is -2.39. The molecule has 0 aromatic rings. The molecule has 1 aliphatic rings. The van der Waals surface area contributed by atoms with E-state index < -0.39 is 0 Å². The molecule has 0 amide bonds. The van der Waals surface area contributed by atoms with Crippen LogP contribution in [-0.2, 0) is 9.59 Å². The van der Waals surface area contributed by atoms with Crippen molar-refractivity contribution < 1.29 is 9.59 Å². The molecular weight excluding hydrogens is 204 g/mol. The van der Waals surface area contributed by atoms with Crippen molar-refractivity contribution in [2.24, 2.45) is 20.8 Å². The van der Waals surface area contributed by atoms with Crippen LogP contribution in [0.15, 0.2) is 21.8 Å². The number of hydrogen-bond donors (Lipinski definition) is 0. The summed E-state index contributed by atoms with van der Waals surface area (Å²) in [5, 5.41) is 0. The molecule has 0 fully saturated rings. The van der Waals surface area contributed by atoms with Crippen molar-refractivity contribution in [2.45, 2.75) is 33.6 Å². The number of aliphatic imine (C=N–C) groups is 2. The van der Waals surface area contributed by atoms with E-state index >= 15 is 0 Å². The van der Waals surface area contributed by atoms with Gasteiger partial charge < -0.3 is 0 Å². The minimum atomic E-state index is -0.134. The van der Waals surface area contributed by atoms with Gasteiger partial charge in [-0.2, -0.15) is 4.99 Å². The molecule has 0 radical (unpaired) electrons. The number of hydrogen-bond acceptors (Lipinski definition) is 4. The molecule has 0 N–H and O–H groups in total. The van der Waals surface area contributed by atoms with E-state index in [0.717, 1.165) is 12.1 Å². The summed E-state index contributed by atoms with van der Waals surface area (Å²) in [4.78, 5) is 27.8. The van der Waals surface area contributed by atoms with Gasteiger partial charge in [-0.1, -0.05) is 26.8 Å². The first kappa shape index (κ1) is 12.6. The van der Waals surface area contributed by atoms with Crippen LogP contribution >= 0.6 is 0 Å². The summed E-state index contributed by atoms with van der Waals surface area (Å²) >= 11 is 0. The smallest absolute Gasteiger partial charge is 0.211 e. The Morgan fingerprint density at radius 3 is 2.56 bits per heavy atom. The molecule has 1 atom stereocenters. The van der Waals surface area contributed by atoms with E-state index in [9.17, 15) is 9.59 Å². The van der Waals surface area contributed by atoms with E-state index in [1.807, 2.05) is 13.0 Å². The molecule has 0 saturated carbocycles. The lowest BCUT2D eigenvalue weighted by molar-refractivity contribution is 0.200. The molecule has 86 valence electrons. The van der Waals surface area contributed by atoms with Crippen LogP contribution in [0, 0.1) is 10.8 Å². The van der Waals surface area contributed by atoms with Gasteiger partial charge in [0.1, 0.15) is 0 Å². The van der Waals surface area contributed by atoms with Gasteiger partial charge in [-0.05, 0) is 23.7 Å². The highest BCUT2D eigenvalue weighted by Gasteiger charge is 2.36. The SMILES string of the molecule is CC1(C)C=C(N=C=O)CC(C)(CN=C=O)C1. The second-order valence-electron chi connectivity index (χ2n) is 5.40. The van der Waals surface area contributed by atoms with Gasteiger partial charge in [0.25, 0.3) is 0 Å². The second kappa shape index (κ2) is 4.56. The third-order valence-electron chi connectivity index (χ3n) is 2.76. The van der Waals surface area contributed by atoms with E-state index in [1.165, 1.54) is 0 Å². The molecule has 16 heavy (non-hydrogen) atoms. The van der Waals surface area contributed by atoms with Crippen molar-refractivity contribution in [1.82, 2.24) is 0 Å². The van der Waals surface area contributed by atoms with Crippen molar-refractivity contribution in [1.29, 1.82) is 0 Å². The van der Waals surface area contributed by atoms with Crippen LogP contribution in [0.2, 0.25) is 0 Å². The van der Waals surface area contributed by atoms with Crippen LogP contribution in [0.1, 0.15) is 33.6 Å². The number of rotatable bonds is 3. The minimum absolute atomic E-state index is 0.0406. The fourth-order valence-electron chi connectivity index (χ4n) is 2.62. The lowest BCUT2D eigenvalue weighted by atomic mass is 9.67. The lowest BCUT2D eigenvalue weighted by Crippen LogP contribution is -2.31. The van der Waals surface area contributed by atoms with E-state index in [4.69, 9.17) is 0 Å². The van der Waals surface area contributed by atoms with Crippen molar-refractivity contribution in [3.63, 3.8) is 0 Å². The topological polar surface area (TPSA) is 58.9 Å². The summed E-state index contributed by atoms with van der Waals surface area (Å²) in [5.74, 6) is 0. The number of allylic oxidation sites excluding steroid dienone is 2. The standard InChI is InChI=1S/C12H16N2O2/c1-11(2)4-10(14-9-16)5-12(3,6-11)7-13-8-15/h4H,5-7H2,1-3H3. The van der Waals surface area contributed by atoms with Gasteiger partial charge in [0, 0.05) is 0 Å². The molecule has 1 unspecified atom stereocenters. The Balaban J connectivity index is 2.98. The highest BCUT2D eigenvalue weighted by molar-refractivity contribution is 5.38. The Morgan fingerprint density at radius 2 is 2.00 bits per heavy atom. The molecule has 1 aliphatic carbocycles. The van der Waals surface area contributed by atoms with Crippen molar-refractivity contribution in [3.8, 4) is 0 Å². The number of isocyanates is 2. The molecule has 4 nitrogen and oxygen atoms in total. The van der Waals surface area contributed by atoms with E-state index in [-0.39, 0.29) is 10.8 Å². The van der Waals surface area contributed by atoms with Crippen molar-refractivity contribution in [3.05, 3.63) is 11.8 Å². The Morgan fingerprint density at radius 1 is 1.31 bits per heavy atom. The van der Waals surface area contributed by atoms with Gasteiger partial charge in [-0.25, -0.2) is 14.6 Å². The molecule has 0 aromatic heterocycles. The highest BCUT2D eigenvalue weighted by Crippen LogP contribution is 2.45. The van der Waals surface area contributed by atoms with Gasteiger partial charge in [-0.3, -0.25) is 0 Å². The first-order valence-corrected chi connectivity index (χ1v) is 5.24. The van der Waals surface area contributed by atoms with E-state index in [0.29, 0.717) is 13.0 Å². The largest absolute Gasteiger partial charge is 0.240 e. The molecule has 0 aliphatic heterocycles. The van der Waals surface area contributed by atoms with Gasteiger partial charge in [0.2, 0.25) is 12.2 Å². The fraction of sp³-hybridized carbons (Fsp3) is 0.667. The summed E-state index contributed by atoms with van der Waals surface area (Å²) in [7, 11) is 0. The summed E-state index contributed by atoms with van der Waals surface area (Å²) < 4.78 is 0. The zero-order chi connectivity index (χ0) is 12.2. The third-order valence-corrected chi connectivity index (χ3v) is 2.76. The van der Waals surface area contributed by atoms with Crippen LogP contribution in [-0.4, -0.2) is 18.7 Å². The second-order valence-corrected chi connectivity index (χ2v) is 5.40. The maximum atomic E-state index is 10.3. The highest BCUT2D eigenvalue weighted by atomic mass is 16.1. The monoisotopic (exact) mass is 220 g/mol. The van der Waals surface area contributed by atoms with Crippen LogP contribution in [0.25, 0.3) is 0 Å². The number of nitrogens with zero attached hydrogens (tertiary/aromatic N) is 2. The molecular formula is C12H16N2O2. The average Bonchev–Trinajstić information content (AvgIpc) is 2.12. The predicted octanol–water partition coefficient (Wildman–Crippen LogP) is 2.37. The first-order chi connectivity index (χ1) is 7.41. The molecule has 0 heterocycles. The van der Waals surface area contributed by atoms with Crippen molar-refractivity contribution >= 4 is 12.2 Å². The van der Waals surface area contributed by atoms with Gasteiger partial charge in [0.05, 0.1) is 12.2 Å². The molecule has 0 aromatic carbocycles. The quantitative estimate of drug-likeness (QED) is 0.541. The van der Waals surface area contributed by atoms with Crippen LogP contribution in [0.4, 0.5) is 0 Å². The third kappa shape index (κ3) is 3.27. The Hall–Kier alpha value is -1.50. The van der Waals surface area contributed by atoms with Gasteiger partial charge >= 0.3 is 0 Å². The zero-order valence-electron chi connectivity index (χ0n) is 9.91. The van der Waals surface area contributed by atoms with Crippen molar-refractivity contribution in [2.75, 3.05) is 6.54 Å². The minimum Gasteiger partial charge on any atom is -0.211 e. The Bertz CT molecular complexity index is 399. The molecule has 0 spiro atoms. The van der Waals surface area contributed by atoms with Gasteiger partial charge in [0.15, 0.2) is 0 Å². The predicted molar refractivity (Wildman–Crippen MR) is 60.3 cm³/mol. The summed E-state index contributed by atoms with van der Waals surface area (Å²) in [6.45, 7) is 6.62. The van der Waals surface area contributed by atoms with Crippen LogP contribution in [0.3, 0.4) is 0 Å². The molecule has 0 saturated heterocycles. The van der Waals surface area contributed by atoms with Gasteiger partial charge in [-0.15, -0.1) is 0 Å². The summed E-state index contributed by atoms with van der Waals surface area (Å²) in [5.41, 5.74) is 0.557. The van der Waals surface area contributed by atoms with Crippen LogP contribution < -0.4 is 0 Å². The molecule has 1 rings (SSSR count). The molecule has 0 bridgehead atoms. The number of carbonyl (C=O) groups excluding carboxylic acids is 2.